The number of hydrogen-bond donors (Lipinski definition) is 2. The number of rotatable bonds is 3. The summed E-state index contributed by atoms with van der Waals surface area (Å²) < 4.78 is 4.83. The monoisotopic (exact) mass is 361 g/mol. The van der Waals surface area contributed by atoms with Gasteiger partial charge in [0.25, 0.3) is 0 Å². The first-order valence-electron chi connectivity index (χ1n) is 7.74. The van der Waals surface area contributed by atoms with E-state index in [0.29, 0.717) is 10.6 Å². The zero-order valence-corrected chi connectivity index (χ0v) is 14.6. The van der Waals surface area contributed by atoms with Gasteiger partial charge in [-0.2, -0.15) is 0 Å². The fourth-order valence-electron chi connectivity index (χ4n) is 3.10. The Labute approximate surface area is 148 Å². The average molecular weight is 362 g/mol. The maximum absolute atomic E-state index is 11.9. The predicted octanol–water partition coefficient (Wildman–Crippen LogP) is 4.71. The number of ether oxygens (including phenoxy) is 1. The number of halogens is 1. The first kappa shape index (κ1) is 15.7. The number of benzene rings is 1. The van der Waals surface area contributed by atoms with Crippen LogP contribution >= 0.6 is 22.9 Å². The third-order valence-corrected chi connectivity index (χ3v) is 6.31. The van der Waals surface area contributed by atoms with Crippen molar-refractivity contribution in [3.05, 3.63) is 45.9 Å². The lowest BCUT2D eigenvalue weighted by molar-refractivity contribution is -0.0354. The van der Waals surface area contributed by atoms with Gasteiger partial charge in [-0.15, -0.1) is 11.3 Å². The molecule has 4 nitrogen and oxygen atoms in total. The van der Waals surface area contributed by atoms with Crippen molar-refractivity contribution < 1.29 is 14.6 Å². The van der Waals surface area contributed by atoms with Gasteiger partial charge in [0.05, 0.1) is 23.3 Å². The normalized spacial score (nSPS) is 16.1. The molecule has 0 bridgehead atoms. The molecule has 124 valence electrons. The van der Waals surface area contributed by atoms with Crippen LogP contribution in [0.2, 0.25) is 5.02 Å². The number of aliphatic hydroxyl groups is 1. The quantitative estimate of drug-likeness (QED) is 0.664. The third-order valence-electron chi connectivity index (χ3n) is 4.69. The molecule has 0 radical (unpaired) electrons. The van der Waals surface area contributed by atoms with Crippen molar-refractivity contribution in [3.8, 4) is 10.4 Å². The molecule has 0 unspecified atom stereocenters. The molecule has 1 aliphatic carbocycles. The van der Waals surface area contributed by atoms with Crippen molar-refractivity contribution in [2.45, 2.75) is 24.9 Å². The summed E-state index contributed by atoms with van der Waals surface area (Å²) in [5.74, 6) is -0.384. The van der Waals surface area contributed by atoms with Gasteiger partial charge in [0.2, 0.25) is 0 Å². The molecule has 4 rings (SSSR count). The standard InChI is InChI=1S/C18H16ClNO3S/c1-23-17(21)12-9-20-14-8-13(19)11(7-10(12)14)15-3-4-16(24-15)18(22)5-2-6-18/h3-4,7-9,20,22H,2,5-6H2,1H3. The van der Waals surface area contributed by atoms with Crippen molar-refractivity contribution in [1.82, 2.24) is 4.98 Å². The zero-order valence-electron chi connectivity index (χ0n) is 13.1. The van der Waals surface area contributed by atoms with Crippen molar-refractivity contribution in [2.75, 3.05) is 7.11 Å². The Morgan fingerprint density at radius 1 is 1.38 bits per heavy atom. The lowest BCUT2D eigenvalue weighted by Gasteiger charge is -2.35. The summed E-state index contributed by atoms with van der Waals surface area (Å²) in [6.07, 6.45) is 4.31. The minimum absolute atomic E-state index is 0.384. The van der Waals surface area contributed by atoms with Crippen LogP contribution in [-0.2, 0) is 10.3 Å². The molecule has 0 spiro atoms. The Balaban J connectivity index is 1.81. The second-order valence-electron chi connectivity index (χ2n) is 6.12. The maximum atomic E-state index is 11.9. The average Bonchev–Trinajstić information content (AvgIpc) is 3.17. The molecule has 2 N–H and O–H groups in total. The van der Waals surface area contributed by atoms with Crippen molar-refractivity contribution in [3.63, 3.8) is 0 Å². The molecule has 0 amide bonds. The number of fused-ring (bicyclic) bond motifs is 1. The third kappa shape index (κ3) is 2.35. The van der Waals surface area contributed by atoms with Gasteiger partial charge in [-0.05, 0) is 43.5 Å². The molecule has 2 heterocycles. The van der Waals surface area contributed by atoms with E-state index in [4.69, 9.17) is 16.3 Å². The molecule has 0 aliphatic heterocycles. The van der Waals surface area contributed by atoms with E-state index in [2.05, 4.69) is 4.98 Å². The number of thiophene rings is 1. The molecular formula is C18H16ClNO3S. The van der Waals surface area contributed by atoms with Gasteiger partial charge >= 0.3 is 5.97 Å². The Hall–Kier alpha value is -1.82. The summed E-state index contributed by atoms with van der Waals surface area (Å²) >= 11 is 7.99. The maximum Gasteiger partial charge on any atom is 0.340 e. The van der Waals surface area contributed by atoms with Crippen LogP contribution in [0.3, 0.4) is 0 Å². The molecule has 3 aromatic rings. The minimum atomic E-state index is -0.676. The van der Waals surface area contributed by atoms with E-state index in [1.807, 2.05) is 24.3 Å². The van der Waals surface area contributed by atoms with E-state index in [9.17, 15) is 9.90 Å². The second kappa shape index (κ2) is 5.62. The van der Waals surface area contributed by atoms with E-state index in [-0.39, 0.29) is 5.97 Å². The molecule has 0 atom stereocenters. The highest BCUT2D eigenvalue weighted by molar-refractivity contribution is 7.15. The highest BCUT2D eigenvalue weighted by Crippen LogP contribution is 2.46. The molecule has 1 aliphatic rings. The Kier molecular flexibility index (Phi) is 3.67. The fourth-order valence-corrected chi connectivity index (χ4v) is 4.61. The number of nitrogens with one attached hydrogen (secondary N) is 1. The highest BCUT2D eigenvalue weighted by atomic mass is 35.5. The number of esters is 1. The number of aromatic nitrogens is 1. The van der Waals surface area contributed by atoms with E-state index in [1.54, 1.807) is 17.5 Å². The van der Waals surface area contributed by atoms with Crippen molar-refractivity contribution in [1.29, 1.82) is 0 Å². The van der Waals surface area contributed by atoms with Crippen molar-refractivity contribution >= 4 is 39.8 Å². The number of carbonyl (C=O) groups excluding carboxylic acids is 1. The van der Waals surface area contributed by atoms with Gasteiger partial charge in [-0.25, -0.2) is 4.79 Å². The summed E-state index contributed by atoms with van der Waals surface area (Å²) in [5.41, 5.74) is 1.46. The topological polar surface area (TPSA) is 62.3 Å². The second-order valence-corrected chi connectivity index (χ2v) is 7.61. The molecule has 1 fully saturated rings. The molecule has 6 heteroatoms. The first-order chi connectivity index (χ1) is 11.5. The number of methoxy groups -OCH3 is 1. The minimum Gasteiger partial charge on any atom is -0.465 e. The van der Waals surface area contributed by atoms with Gasteiger partial charge in [-0.1, -0.05) is 11.6 Å². The first-order valence-corrected chi connectivity index (χ1v) is 8.93. The van der Waals surface area contributed by atoms with Crippen LogP contribution in [0.15, 0.2) is 30.5 Å². The van der Waals surface area contributed by atoms with Crippen LogP contribution in [0.25, 0.3) is 21.3 Å². The number of aromatic amines is 1. The van der Waals surface area contributed by atoms with Gasteiger partial charge in [-0.3, -0.25) is 0 Å². The largest absolute Gasteiger partial charge is 0.465 e. The molecule has 24 heavy (non-hydrogen) atoms. The SMILES string of the molecule is COC(=O)c1c[nH]c2cc(Cl)c(-c3ccc(C4(O)CCC4)s3)cc12. The molecular weight excluding hydrogens is 346 g/mol. The van der Waals surface area contributed by atoms with Gasteiger partial charge < -0.3 is 14.8 Å². The Morgan fingerprint density at radius 3 is 2.83 bits per heavy atom. The molecule has 0 saturated heterocycles. The fraction of sp³-hybridized carbons (Fsp3) is 0.278. The predicted molar refractivity (Wildman–Crippen MR) is 95.7 cm³/mol. The van der Waals surface area contributed by atoms with E-state index < -0.39 is 5.60 Å². The Morgan fingerprint density at radius 2 is 2.17 bits per heavy atom. The van der Waals surface area contributed by atoms with E-state index >= 15 is 0 Å². The van der Waals surface area contributed by atoms with Gasteiger partial charge in [0.15, 0.2) is 0 Å². The number of carbonyl (C=O) groups is 1. The van der Waals surface area contributed by atoms with Crippen LogP contribution < -0.4 is 0 Å². The summed E-state index contributed by atoms with van der Waals surface area (Å²) in [6.45, 7) is 0. The lowest BCUT2D eigenvalue weighted by atomic mass is 9.79. The zero-order chi connectivity index (χ0) is 16.9. The smallest absolute Gasteiger partial charge is 0.340 e. The summed E-state index contributed by atoms with van der Waals surface area (Å²) in [6, 6.07) is 7.67. The molecule has 2 aromatic heterocycles. The number of H-pyrrole nitrogens is 1. The van der Waals surface area contributed by atoms with E-state index in [0.717, 1.165) is 45.5 Å². The van der Waals surface area contributed by atoms with Crippen molar-refractivity contribution in [2.24, 2.45) is 0 Å². The lowest BCUT2D eigenvalue weighted by Crippen LogP contribution is -2.32. The summed E-state index contributed by atoms with van der Waals surface area (Å²) in [4.78, 5) is 16.9. The van der Waals surface area contributed by atoms with Gasteiger partial charge in [0, 0.05) is 32.4 Å². The summed E-state index contributed by atoms with van der Waals surface area (Å²) in [5, 5.41) is 11.9. The van der Waals surface area contributed by atoms with Crippen LogP contribution in [0.4, 0.5) is 0 Å². The van der Waals surface area contributed by atoms with Crippen LogP contribution in [0.1, 0.15) is 34.5 Å². The van der Waals surface area contributed by atoms with Crippen LogP contribution in [-0.4, -0.2) is 23.2 Å². The summed E-state index contributed by atoms with van der Waals surface area (Å²) in [7, 11) is 1.36. The molecule has 1 aromatic carbocycles. The highest BCUT2D eigenvalue weighted by Gasteiger charge is 2.37. The van der Waals surface area contributed by atoms with Crippen LogP contribution in [0.5, 0.6) is 0 Å². The van der Waals surface area contributed by atoms with Gasteiger partial charge in [0.1, 0.15) is 0 Å². The molecule has 1 saturated carbocycles. The number of hydrogen-bond acceptors (Lipinski definition) is 4. The van der Waals surface area contributed by atoms with Crippen LogP contribution in [0, 0.1) is 0 Å². The van der Waals surface area contributed by atoms with E-state index in [1.165, 1.54) is 7.11 Å². The Bertz CT molecular complexity index is 939.